The van der Waals surface area contributed by atoms with E-state index in [0.717, 1.165) is 0 Å². The first-order valence-electron chi connectivity index (χ1n) is 9.22. The van der Waals surface area contributed by atoms with E-state index in [1.165, 1.54) is 4.90 Å². The molecule has 8 nitrogen and oxygen atoms in total. The van der Waals surface area contributed by atoms with Crippen LogP contribution in [0.5, 0.6) is 0 Å². The quantitative estimate of drug-likeness (QED) is 0.531. The highest BCUT2D eigenvalue weighted by molar-refractivity contribution is 6.20. The summed E-state index contributed by atoms with van der Waals surface area (Å²) >= 11 is 0. The van der Waals surface area contributed by atoms with Crippen LogP contribution in [0.3, 0.4) is 0 Å². The number of carbonyl (C=O) groups is 3. The summed E-state index contributed by atoms with van der Waals surface area (Å²) in [6.45, 7) is -0.705. The minimum Gasteiger partial charge on any atom is -0.470 e. The van der Waals surface area contributed by atoms with E-state index >= 15 is 0 Å². The summed E-state index contributed by atoms with van der Waals surface area (Å²) in [5.41, 5.74) is 0.949. The molecule has 0 saturated carbocycles. The molecule has 0 atom stereocenters. The van der Waals surface area contributed by atoms with Crippen molar-refractivity contribution in [2.75, 3.05) is 30.0 Å². The SMILES string of the molecule is N#CCCN(C(=O)COC(=O)C1=C(Nc2ccccc2)OCC1=O)c1ccccc1. The first-order chi connectivity index (χ1) is 14.6. The van der Waals surface area contributed by atoms with Gasteiger partial charge in [0, 0.05) is 17.9 Å². The molecule has 8 heteroatoms. The van der Waals surface area contributed by atoms with Crippen LogP contribution in [-0.2, 0) is 23.9 Å². The van der Waals surface area contributed by atoms with Gasteiger partial charge in [0.1, 0.15) is 0 Å². The van der Waals surface area contributed by atoms with Crippen LogP contribution in [-0.4, -0.2) is 37.4 Å². The van der Waals surface area contributed by atoms with E-state index in [1.807, 2.05) is 12.1 Å². The molecule has 1 aliphatic rings. The smallest absolute Gasteiger partial charge is 0.347 e. The van der Waals surface area contributed by atoms with Gasteiger partial charge in [-0.3, -0.25) is 9.59 Å². The second-order valence-corrected chi connectivity index (χ2v) is 6.27. The predicted molar refractivity (Wildman–Crippen MR) is 108 cm³/mol. The molecule has 0 bridgehead atoms. The van der Waals surface area contributed by atoms with Crippen molar-refractivity contribution in [3.63, 3.8) is 0 Å². The van der Waals surface area contributed by atoms with E-state index in [4.69, 9.17) is 14.7 Å². The zero-order valence-corrected chi connectivity index (χ0v) is 16.0. The van der Waals surface area contributed by atoms with Crippen molar-refractivity contribution >= 4 is 29.0 Å². The van der Waals surface area contributed by atoms with Gasteiger partial charge in [-0.25, -0.2) is 4.79 Å². The lowest BCUT2D eigenvalue weighted by Crippen LogP contribution is -2.36. The maximum atomic E-state index is 12.6. The van der Waals surface area contributed by atoms with Crippen LogP contribution in [0, 0.1) is 11.3 Å². The van der Waals surface area contributed by atoms with E-state index in [1.54, 1.807) is 54.6 Å². The van der Waals surface area contributed by atoms with E-state index in [2.05, 4.69) is 5.32 Å². The molecule has 2 aromatic carbocycles. The van der Waals surface area contributed by atoms with Gasteiger partial charge in [-0.2, -0.15) is 5.26 Å². The minimum atomic E-state index is -0.947. The molecule has 1 amide bonds. The highest BCUT2D eigenvalue weighted by atomic mass is 16.5. The number of anilines is 2. The van der Waals surface area contributed by atoms with Crippen LogP contribution >= 0.6 is 0 Å². The van der Waals surface area contributed by atoms with Crippen molar-refractivity contribution in [1.29, 1.82) is 5.26 Å². The Labute approximate surface area is 173 Å². The Morgan fingerprint density at radius 1 is 1.10 bits per heavy atom. The molecule has 3 rings (SSSR count). The first-order valence-corrected chi connectivity index (χ1v) is 9.22. The van der Waals surface area contributed by atoms with Gasteiger partial charge in [0.05, 0.1) is 12.5 Å². The third kappa shape index (κ3) is 5.02. The zero-order valence-electron chi connectivity index (χ0n) is 16.0. The van der Waals surface area contributed by atoms with E-state index < -0.39 is 24.3 Å². The fourth-order valence-corrected chi connectivity index (χ4v) is 2.81. The van der Waals surface area contributed by atoms with Gasteiger partial charge in [0.15, 0.2) is 18.8 Å². The van der Waals surface area contributed by atoms with Gasteiger partial charge >= 0.3 is 5.97 Å². The molecular weight excluding hydrogens is 386 g/mol. The number of rotatable bonds is 8. The van der Waals surface area contributed by atoms with Crippen molar-refractivity contribution in [2.24, 2.45) is 0 Å². The van der Waals surface area contributed by atoms with Crippen molar-refractivity contribution in [2.45, 2.75) is 6.42 Å². The predicted octanol–water partition coefficient (Wildman–Crippen LogP) is 2.40. The monoisotopic (exact) mass is 405 g/mol. The molecule has 0 radical (unpaired) electrons. The summed E-state index contributed by atoms with van der Waals surface area (Å²) < 4.78 is 10.4. The van der Waals surface area contributed by atoms with Crippen molar-refractivity contribution in [3.05, 3.63) is 72.1 Å². The minimum absolute atomic E-state index is 0.00644. The van der Waals surface area contributed by atoms with Crippen molar-refractivity contribution in [3.8, 4) is 6.07 Å². The number of hydrogen-bond donors (Lipinski definition) is 1. The van der Waals surface area contributed by atoms with Crippen LogP contribution in [0.15, 0.2) is 72.1 Å². The number of Topliss-reactive ketones (excluding diaryl/α,β-unsaturated/α-hetero) is 1. The Kier molecular flexibility index (Phi) is 6.79. The normalized spacial score (nSPS) is 12.7. The number of benzene rings is 2. The van der Waals surface area contributed by atoms with Crippen molar-refractivity contribution in [1.82, 2.24) is 0 Å². The molecule has 30 heavy (non-hydrogen) atoms. The van der Waals surface area contributed by atoms with Crippen molar-refractivity contribution < 1.29 is 23.9 Å². The summed E-state index contributed by atoms with van der Waals surface area (Å²) in [5.74, 6) is -1.99. The molecule has 0 aliphatic carbocycles. The summed E-state index contributed by atoms with van der Waals surface area (Å²) in [6, 6.07) is 19.6. The van der Waals surface area contributed by atoms with Gasteiger partial charge in [-0.05, 0) is 24.3 Å². The average Bonchev–Trinajstić information content (AvgIpc) is 3.13. The fraction of sp³-hybridized carbons (Fsp3) is 0.182. The Morgan fingerprint density at radius 3 is 2.43 bits per heavy atom. The third-order valence-electron chi connectivity index (χ3n) is 4.23. The van der Waals surface area contributed by atoms with E-state index in [9.17, 15) is 14.4 Å². The number of ketones is 1. The number of nitriles is 1. The first kappa shape index (κ1) is 20.6. The number of ether oxygens (including phenoxy) is 2. The van der Waals surface area contributed by atoms with E-state index in [-0.39, 0.29) is 31.0 Å². The van der Waals surface area contributed by atoms with E-state index in [0.29, 0.717) is 11.4 Å². The molecule has 1 N–H and O–H groups in total. The van der Waals surface area contributed by atoms with Gasteiger partial charge < -0.3 is 19.7 Å². The topological polar surface area (TPSA) is 109 Å². The summed E-state index contributed by atoms with van der Waals surface area (Å²) in [6.07, 6.45) is 0.122. The Morgan fingerprint density at radius 2 is 1.77 bits per heavy atom. The van der Waals surface area contributed by atoms with Crippen LogP contribution in [0.25, 0.3) is 0 Å². The Balaban J connectivity index is 1.69. The number of esters is 1. The molecule has 0 spiro atoms. The van der Waals surface area contributed by atoms with Gasteiger partial charge in [-0.15, -0.1) is 0 Å². The summed E-state index contributed by atoms with van der Waals surface area (Å²) in [4.78, 5) is 38.6. The molecule has 0 fully saturated rings. The van der Waals surface area contributed by atoms with Crippen LogP contribution in [0.4, 0.5) is 11.4 Å². The van der Waals surface area contributed by atoms with Crippen LogP contribution < -0.4 is 10.2 Å². The Hall–Kier alpha value is -4.12. The molecular formula is C22H19N3O5. The number of para-hydroxylation sites is 2. The average molecular weight is 405 g/mol. The molecule has 0 unspecified atom stereocenters. The van der Waals surface area contributed by atoms with Crippen LogP contribution in [0.2, 0.25) is 0 Å². The van der Waals surface area contributed by atoms with Gasteiger partial charge in [-0.1, -0.05) is 36.4 Å². The Bertz CT molecular complexity index is 996. The maximum absolute atomic E-state index is 12.6. The molecule has 1 heterocycles. The lowest BCUT2D eigenvalue weighted by Gasteiger charge is -2.21. The second-order valence-electron chi connectivity index (χ2n) is 6.27. The van der Waals surface area contributed by atoms with Gasteiger partial charge in [0.2, 0.25) is 11.7 Å². The lowest BCUT2D eigenvalue weighted by molar-refractivity contribution is -0.144. The lowest BCUT2D eigenvalue weighted by atomic mass is 10.2. The molecule has 0 saturated heterocycles. The summed E-state index contributed by atoms with van der Waals surface area (Å²) in [5, 5.41) is 11.7. The second kappa shape index (κ2) is 9.89. The number of hydrogen-bond acceptors (Lipinski definition) is 7. The fourth-order valence-electron chi connectivity index (χ4n) is 2.81. The molecule has 2 aromatic rings. The summed E-state index contributed by atoms with van der Waals surface area (Å²) in [7, 11) is 0. The highest BCUT2D eigenvalue weighted by Crippen LogP contribution is 2.21. The number of amides is 1. The number of carbonyl (C=O) groups excluding carboxylic acids is 3. The number of nitrogens with zero attached hydrogens (tertiary/aromatic N) is 2. The highest BCUT2D eigenvalue weighted by Gasteiger charge is 2.33. The molecule has 152 valence electrons. The molecule has 1 aliphatic heterocycles. The molecule has 0 aromatic heterocycles. The number of nitrogens with one attached hydrogen (secondary N) is 1. The van der Waals surface area contributed by atoms with Gasteiger partial charge in [0.25, 0.3) is 5.91 Å². The largest absolute Gasteiger partial charge is 0.470 e. The third-order valence-corrected chi connectivity index (χ3v) is 4.23. The van der Waals surface area contributed by atoms with Crippen LogP contribution in [0.1, 0.15) is 6.42 Å². The maximum Gasteiger partial charge on any atom is 0.347 e. The standard InChI is InChI=1S/C22H19N3O5/c23-12-7-13-25(17-10-5-2-6-11-17)19(27)15-30-22(28)20-18(26)14-29-21(20)24-16-8-3-1-4-9-16/h1-6,8-11,24H,7,13-15H2. The zero-order chi connectivity index (χ0) is 21.3.